The lowest BCUT2D eigenvalue weighted by molar-refractivity contribution is -0.384. The van der Waals surface area contributed by atoms with Gasteiger partial charge in [-0.15, -0.1) is 0 Å². The van der Waals surface area contributed by atoms with Crippen LogP contribution in [0.5, 0.6) is 5.75 Å². The van der Waals surface area contributed by atoms with Crippen molar-refractivity contribution in [2.24, 2.45) is 0 Å². The number of hydrogen-bond donors (Lipinski definition) is 2. The molecule has 2 aliphatic rings. The number of amides is 2. The van der Waals surface area contributed by atoms with E-state index in [2.05, 4.69) is 10.6 Å². The van der Waals surface area contributed by atoms with Crippen molar-refractivity contribution in [1.82, 2.24) is 5.32 Å². The Morgan fingerprint density at radius 3 is 1.89 bits per heavy atom. The fourth-order valence-corrected chi connectivity index (χ4v) is 7.37. The highest BCUT2D eigenvalue weighted by atomic mass is 16.7. The molecule has 1 aliphatic heterocycles. The van der Waals surface area contributed by atoms with Gasteiger partial charge in [0, 0.05) is 58.7 Å². The van der Waals surface area contributed by atoms with Crippen molar-refractivity contribution in [3.63, 3.8) is 0 Å². The maximum Gasteiger partial charge on any atom is 0.407 e. The van der Waals surface area contributed by atoms with Gasteiger partial charge in [-0.3, -0.25) is 34.1 Å². The quantitative estimate of drug-likeness (QED) is 0.0591. The summed E-state index contributed by atoms with van der Waals surface area (Å²) < 4.78 is 44.9. The fourth-order valence-electron chi connectivity index (χ4n) is 7.37. The second-order valence-corrected chi connectivity index (χ2v) is 14.9. The maximum atomic E-state index is 13.5. The largest absolute Gasteiger partial charge is 0.463 e. The molecule has 0 saturated carbocycles. The zero-order valence-corrected chi connectivity index (χ0v) is 36.0. The summed E-state index contributed by atoms with van der Waals surface area (Å²) in [7, 11) is 0. The van der Waals surface area contributed by atoms with Gasteiger partial charge in [-0.05, 0) is 52.1 Å². The van der Waals surface area contributed by atoms with E-state index in [1.54, 1.807) is 0 Å². The Balaban J connectivity index is 1.20. The predicted octanol–water partition coefficient (Wildman–Crippen LogP) is 5.28. The first kappa shape index (κ1) is 47.6. The number of hydrogen-bond acceptors (Lipinski definition) is 17. The van der Waals surface area contributed by atoms with Gasteiger partial charge in [-0.1, -0.05) is 54.6 Å². The molecule has 2 N–H and O–H groups in total. The number of rotatable bonds is 17. The van der Waals surface area contributed by atoms with Gasteiger partial charge in [-0.2, -0.15) is 0 Å². The number of nitro benzene ring substituents is 1. The van der Waals surface area contributed by atoms with E-state index < -0.39 is 84.1 Å². The van der Waals surface area contributed by atoms with E-state index in [0.29, 0.717) is 5.56 Å². The summed E-state index contributed by atoms with van der Waals surface area (Å²) in [6.45, 7) is 3.31. The second kappa shape index (κ2) is 21.7. The topological polar surface area (TPSA) is 261 Å². The minimum atomic E-state index is -1.68. The maximum absolute atomic E-state index is 13.5. The molecular weight excluding hydrogens is 867 g/mol. The van der Waals surface area contributed by atoms with Crippen LogP contribution < -0.4 is 15.4 Å². The van der Waals surface area contributed by atoms with Gasteiger partial charge >= 0.3 is 35.9 Å². The van der Waals surface area contributed by atoms with Crippen LogP contribution in [0.4, 0.5) is 16.2 Å². The van der Waals surface area contributed by atoms with Crippen molar-refractivity contribution >= 4 is 53.2 Å². The van der Waals surface area contributed by atoms with Crippen molar-refractivity contribution in [2.75, 3.05) is 25.1 Å². The summed E-state index contributed by atoms with van der Waals surface area (Å²) in [5.74, 6) is -5.07. The van der Waals surface area contributed by atoms with Gasteiger partial charge in [0.05, 0.1) is 16.2 Å². The van der Waals surface area contributed by atoms with Crippen LogP contribution in [-0.4, -0.2) is 97.2 Å². The molecule has 0 radical (unpaired) electrons. The SMILES string of the molecule is CC(=O)OC[C@H]1O[C@H](Oc2ccc(COC(=O)c3ccc([N+](=O)[O-])cc3)cc2NC(=O)CCNC(=O)OCC2c3ccccc3-c3ccccc32)[C@@H](OC(C)=O)[C@@H](OC(C)=O)[C@@H]1OC(C)=O. The molecule has 6 rings (SSSR count). The number of non-ortho nitro benzene ring substituents is 1. The number of esters is 5. The number of nitro groups is 1. The van der Waals surface area contributed by atoms with Crippen LogP contribution in [0.25, 0.3) is 11.1 Å². The fraction of sp³-hybridized carbons (Fsp3) is 0.326. The molecule has 1 saturated heterocycles. The lowest BCUT2D eigenvalue weighted by Crippen LogP contribution is -2.63. The number of nitrogens with one attached hydrogen (secondary N) is 2. The molecule has 20 nitrogen and oxygen atoms in total. The normalized spacial score (nSPS) is 18.3. The Kier molecular flexibility index (Phi) is 15.6. The third kappa shape index (κ3) is 12.2. The first-order valence-electron chi connectivity index (χ1n) is 20.5. The first-order valence-corrected chi connectivity index (χ1v) is 20.5. The average molecular weight is 912 g/mol. The van der Waals surface area contributed by atoms with E-state index in [4.69, 9.17) is 37.9 Å². The van der Waals surface area contributed by atoms with E-state index in [9.17, 15) is 43.7 Å². The molecule has 0 bridgehead atoms. The van der Waals surface area contributed by atoms with E-state index in [1.165, 1.54) is 30.3 Å². The molecule has 0 aromatic heterocycles. The molecule has 2 amide bonds. The van der Waals surface area contributed by atoms with E-state index in [0.717, 1.165) is 62.1 Å². The predicted molar refractivity (Wildman–Crippen MR) is 228 cm³/mol. The van der Waals surface area contributed by atoms with Crippen LogP contribution in [0.3, 0.4) is 0 Å². The van der Waals surface area contributed by atoms with Crippen LogP contribution in [-0.2, 0) is 63.7 Å². The van der Waals surface area contributed by atoms with Crippen LogP contribution in [0.1, 0.15) is 67.1 Å². The highest BCUT2D eigenvalue weighted by Gasteiger charge is 2.53. The smallest absolute Gasteiger partial charge is 0.407 e. The van der Waals surface area contributed by atoms with E-state index in [1.807, 2.05) is 48.5 Å². The van der Waals surface area contributed by atoms with E-state index in [-0.39, 0.29) is 54.8 Å². The van der Waals surface area contributed by atoms with Crippen LogP contribution >= 0.6 is 0 Å². The summed E-state index contributed by atoms with van der Waals surface area (Å²) in [4.78, 5) is 98.5. The highest BCUT2D eigenvalue weighted by Crippen LogP contribution is 2.44. The van der Waals surface area contributed by atoms with Gasteiger partial charge in [0.25, 0.3) is 5.69 Å². The Morgan fingerprint density at radius 1 is 0.682 bits per heavy atom. The summed E-state index contributed by atoms with van der Waals surface area (Å²) >= 11 is 0. The zero-order valence-electron chi connectivity index (χ0n) is 36.0. The zero-order chi connectivity index (χ0) is 47.5. The number of nitrogens with zero attached hydrogens (tertiary/aromatic N) is 1. The van der Waals surface area contributed by atoms with Gasteiger partial charge in [0.15, 0.2) is 12.2 Å². The molecule has 1 aliphatic carbocycles. The number of carbonyl (C=O) groups is 7. The van der Waals surface area contributed by atoms with Crippen molar-refractivity contribution in [3.05, 3.63) is 123 Å². The van der Waals surface area contributed by atoms with Crippen molar-refractivity contribution < 1.29 is 76.4 Å². The number of carbonyl (C=O) groups excluding carboxylic acids is 7. The van der Waals surface area contributed by atoms with Crippen molar-refractivity contribution in [2.45, 2.75) is 77.3 Å². The van der Waals surface area contributed by atoms with Crippen molar-refractivity contribution in [3.8, 4) is 16.9 Å². The Labute approximate surface area is 376 Å². The van der Waals surface area contributed by atoms with Crippen LogP contribution in [0.15, 0.2) is 91.0 Å². The summed E-state index contributed by atoms with van der Waals surface area (Å²) in [5.41, 5.74) is 4.23. The highest BCUT2D eigenvalue weighted by molar-refractivity contribution is 5.93. The summed E-state index contributed by atoms with van der Waals surface area (Å²) in [6.07, 6.45) is -8.70. The molecule has 1 heterocycles. The van der Waals surface area contributed by atoms with Crippen molar-refractivity contribution in [1.29, 1.82) is 0 Å². The Bertz CT molecular complexity index is 2450. The number of benzene rings is 4. The molecule has 66 heavy (non-hydrogen) atoms. The Morgan fingerprint density at radius 2 is 1.29 bits per heavy atom. The summed E-state index contributed by atoms with van der Waals surface area (Å²) in [5, 5.41) is 16.3. The Hall–Kier alpha value is -7.87. The average Bonchev–Trinajstić information content (AvgIpc) is 3.59. The molecule has 0 spiro atoms. The van der Waals surface area contributed by atoms with Crippen LogP contribution in [0, 0.1) is 10.1 Å². The minimum absolute atomic E-state index is 0.0293. The third-order valence-corrected chi connectivity index (χ3v) is 10.2. The number of fused-ring (bicyclic) bond motifs is 3. The standard InChI is InChI=1S/C46H45N3O17/c1-25(50)59-24-39-41(62-26(2)51)42(63-27(3)52)43(64-28(4)53)45(66-39)65-38-18-13-29(22-60-44(55)30-14-16-31(17-15-30)49(57)58)21-37(38)48-40(54)19-20-47-46(56)61-23-36-34-11-7-5-9-32(34)33-10-6-8-12-35(33)36/h5-18,21,36,39,41-43,45H,19-20,22-24H2,1-4H3,(H,47,56)(H,48,54)/t39-,41-,42+,43+,45+/m1/s1. The molecule has 1 fully saturated rings. The van der Waals surface area contributed by atoms with E-state index >= 15 is 0 Å². The van der Waals surface area contributed by atoms with Gasteiger partial charge < -0.3 is 48.5 Å². The van der Waals surface area contributed by atoms with Gasteiger partial charge in [-0.25, -0.2) is 9.59 Å². The number of ether oxygens (including phenoxy) is 8. The number of alkyl carbamates (subject to hydrolysis) is 1. The van der Waals surface area contributed by atoms with Gasteiger partial charge in [0.1, 0.15) is 31.7 Å². The molecule has 4 aromatic carbocycles. The molecule has 20 heteroatoms. The molecule has 4 aromatic rings. The number of anilines is 1. The minimum Gasteiger partial charge on any atom is -0.463 e. The lowest BCUT2D eigenvalue weighted by atomic mass is 9.98. The molecule has 0 unspecified atom stereocenters. The monoisotopic (exact) mass is 911 g/mol. The first-order chi connectivity index (χ1) is 31.6. The second-order valence-electron chi connectivity index (χ2n) is 14.9. The molecule has 346 valence electrons. The lowest BCUT2D eigenvalue weighted by Gasteiger charge is -2.44. The third-order valence-electron chi connectivity index (χ3n) is 10.2. The van der Waals surface area contributed by atoms with Crippen LogP contribution in [0.2, 0.25) is 0 Å². The summed E-state index contributed by atoms with van der Waals surface area (Å²) in [6, 6.07) is 24.7. The van der Waals surface area contributed by atoms with Gasteiger partial charge in [0.2, 0.25) is 18.3 Å². The molecule has 5 atom stereocenters. The molecular formula is C46H45N3O17.